The molecule has 0 unspecified atom stereocenters. The van der Waals surface area contributed by atoms with Crippen LogP contribution in [0.15, 0.2) is 78.9 Å². The molecule has 4 N–H and O–H groups in total. The van der Waals surface area contributed by atoms with Crippen molar-refractivity contribution in [2.75, 3.05) is 31.4 Å². The number of methoxy groups -OCH3 is 2. The number of urea groups is 1. The fourth-order valence-corrected chi connectivity index (χ4v) is 3.95. The van der Waals surface area contributed by atoms with Gasteiger partial charge in [0.25, 0.3) is 0 Å². The fraction of sp³-hybridized carbons (Fsp3) is 0.258. The summed E-state index contributed by atoms with van der Waals surface area (Å²) >= 11 is 0. The summed E-state index contributed by atoms with van der Waals surface area (Å²) in [5, 5.41) is 10.6. The second kappa shape index (κ2) is 16.2. The molecule has 0 radical (unpaired) electrons. The van der Waals surface area contributed by atoms with E-state index in [4.69, 9.17) is 4.74 Å². The summed E-state index contributed by atoms with van der Waals surface area (Å²) in [7, 11) is 2.57. The number of amides is 4. The van der Waals surface area contributed by atoms with Crippen molar-refractivity contribution in [3.05, 3.63) is 95.6 Å². The molecule has 42 heavy (non-hydrogen) atoms. The second-order valence-electron chi connectivity index (χ2n) is 9.34. The fourth-order valence-electron chi connectivity index (χ4n) is 3.95. The molecule has 4 amide bonds. The maximum absolute atomic E-state index is 12.5. The number of para-hydroxylation sites is 1. The Kier molecular flexibility index (Phi) is 12.1. The monoisotopic (exact) mass is 574 g/mol. The molecule has 220 valence electrons. The van der Waals surface area contributed by atoms with Gasteiger partial charge in [-0.1, -0.05) is 54.6 Å². The van der Waals surface area contributed by atoms with Crippen LogP contribution in [0.4, 0.5) is 16.2 Å². The van der Waals surface area contributed by atoms with E-state index in [0.29, 0.717) is 23.4 Å². The van der Waals surface area contributed by atoms with Crippen LogP contribution < -0.4 is 21.3 Å². The van der Waals surface area contributed by atoms with Crippen molar-refractivity contribution in [3.63, 3.8) is 0 Å². The molecule has 0 fully saturated rings. The van der Waals surface area contributed by atoms with Crippen molar-refractivity contribution >= 4 is 41.2 Å². The van der Waals surface area contributed by atoms with Gasteiger partial charge >= 0.3 is 18.0 Å². The summed E-state index contributed by atoms with van der Waals surface area (Å²) in [6.07, 6.45) is 0.996. The van der Waals surface area contributed by atoms with Gasteiger partial charge in [-0.3, -0.25) is 14.4 Å². The maximum atomic E-state index is 12.5. The van der Waals surface area contributed by atoms with Gasteiger partial charge in [0.2, 0.25) is 11.8 Å². The van der Waals surface area contributed by atoms with Crippen LogP contribution >= 0.6 is 0 Å². The third-order valence-electron chi connectivity index (χ3n) is 6.18. The first kappa shape index (κ1) is 31.3. The first-order valence-corrected chi connectivity index (χ1v) is 13.3. The SMILES string of the molecule is COC(=O)CCc1ccc(C[C@H](NC(=O)CNC(=O)Cc2ccc(NC(=O)Nc3ccccc3)cc2)C(=O)OC)cc1. The van der Waals surface area contributed by atoms with Crippen LogP contribution in [0.2, 0.25) is 0 Å². The minimum Gasteiger partial charge on any atom is -0.469 e. The molecule has 0 spiro atoms. The Morgan fingerprint density at radius 3 is 1.90 bits per heavy atom. The lowest BCUT2D eigenvalue weighted by Crippen LogP contribution is -2.47. The van der Waals surface area contributed by atoms with Gasteiger partial charge in [-0.05, 0) is 47.4 Å². The summed E-state index contributed by atoms with van der Waals surface area (Å²) in [5.41, 5.74) is 3.62. The molecule has 0 saturated carbocycles. The minimum atomic E-state index is -0.945. The summed E-state index contributed by atoms with van der Waals surface area (Å²) in [5.74, 6) is -1.84. The lowest BCUT2D eigenvalue weighted by atomic mass is 10.0. The Bertz CT molecular complexity index is 1360. The Morgan fingerprint density at radius 1 is 0.690 bits per heavy atom. The molecule has 0 aliphatic heterocycles. The highest BCUT2D eigenvalue weighted by Crippen LogP contribution is 2.13. The van der Waals surface area contributed by atoms with Gasteiger partial charge in [0.15, 0.2) is 0 Å². The van der Waals surface area contributed by atoms with Crippen LogP contribution in [0.5, 0.6) is 0 Å². The summed E-state index contributed by atoms with van der Waals surface area (Å²) in [6.45, 7) is -0.321. The van der Waals surface area contributed by atoms with Crippen LogP contribution in [0.3, 0.4) is 0 Å². The average Bonchev–Trinajstić information content (AvgIpc) is 3.00. The molecule has 0 aliphatic rings. The lowest BCUT2D eigenvalue weighted by molar-refractivity contribution is -0.145. The van der Waals surface area contributed by atoms with Crippen LogP contribution in [0, 0.1) is 0 Å². The normalized spacial score (nSPS) is 11.0. The Labute approximate surface area is 244 Å². The maximum Gasteiger partial charge on any atom is 0.328 e. The number of nitrogens with one attached hydrogen (secondary N) is 4. The Balaban J connectivity index is 1.44. The number of benzene rings is 3. The number of rotatable bonds is 13. The van der Waals surface area contributed by atoms with E-state index < -0.39 is 23.9 Å². The van der Waals surface area contributed by atoms with E-state index in [1.165, 1.54) is 14.2 Å². The quantitative estimate of drug-likeness (QED) is 0.229. The summed E-state index contributed by atoms with van der Waals surface area (Å²) in [4.78, 5) is 60.7. The van der Waals surface area contributed by atoms with E-state index in [0.717, 1.165) is 11.1 Å². The predicted octanol–water partition coefficient (Wildman–Crippen LogP) is 3.00. The van der Waals surface area contributed by atoms with Gasteiger partial charge in [-0.25, -0.2) is 9.59 Å². The van der Waals surface area contributed by atoms with E-state index in [1.54, 1.807) is 36.4 Å². The predicted molar refractivity (Wildman–Crippen MR) is 157 cm³/mol. The van der Waals surface area contributed by atoms with Gasteiger partial charge in [0.1, 0.15) is 6.04 Å². The molecular formula is C31H34N4O7. The van der Waals surface area contributed by atoms with E-state index in [1.807, 2.05) is 42.5 Å². The molecule has 0 bridgehead atoms. The van der Waals surface area contributed by atoms with Crippen molar-refractivity contribution in [3.8, 4) is 0 Å². The minimum absolute atomic E-state index is 0.0204. The molecule has 11 nitrogen and oxygen atoms in total. The lowest BCUT2D eigenvalue weighted by Gasteiger charge is -2.17. The standard InChI is InChI=1S/C31H34N4O7/c1-41-29(38)17-14-21-8-10-22(11-9-21)18-26(30(39)42-2)35-28(37)20-32-27(36)19-23-12-15-25(16-13-23)34-31(40)33-24-6-4-3-5-7-24/h3-13,15-16,26H,14,17-20H2,1-2H3,(H,32,36)(H,35,37)(H2,33,34,40)/t26-/m0/s1. The topological polar surface area (TPSA) is 152 Å². The van der Waals surface area contributed by atoms with Gasteiger partial charge in [-0.2, -0.15) is 0 Å². The van der Waals surface area contributed by atoms with Crippen molar-refractivity contribution in [2.24, 2.45) is 0 Å². The molecule has 0 aromatic heterocycles. The zero-order chi connectivity index (χ0) is 30.3. The zero-order valence-electron chi connectivity index (χ0n) is 23.5. The van der Waals surface area contributed by atoms with Gasteiger partial charge in [-0.15, -0.1) is 0 Å². The number of carbonyl (C=O) groups is 5. The number of carbonyl (C=O) groups excluding carboxylic acids is 5. The number of hydrogen-bond donors (Lipinski definition) is 4. The smallest absolute Gasteiger partial charge is 0.328 e. The number of anilines is 2. The number of aryl methyl sites for hydroxylation is 1. The summed E-state index contributed by atoms with van der Waals surface area (Å²) in [6, 6.07) is 21.7. The van der Waals surface area contributed by atoms with Crippen molar-refractivity contribution < 1.29 is 33.4 Å². The highest BCUT2D eigenvalue weighted by Gasteiger charge is 2.22. The van der Waals surface area contributed by atoms with Crippen LogP contribution in [0.25, 0.3) is 0 Å². The molecule has 0 saturated heterocycles. The van der Waals surface area contributed by atoms with Gasteiger partial charge in [0.05, 0.1) is 27.2 Å². The zero-order valence-corrected chi connectivity index (χ0v) is 23.5. The Hall–Kier alpha value is -5.19. The number of hydrogen-bond acceptors (Lipinski definition) is 7. The largest absolute Gasteiger partial charge is 0.469 e. The molecule has 3 aromatic rings. The Morgan fingerprint density at radius 2 is 1.29 bits per heavy atom. The first-order chi connectivity index (χ1) is 20.2. The second-order valence-corrected chi connectivity index (χ2v) is 9.34. The molecule has 1 atom stereocenters. The van der Waals surface area contributed by atoms with Crippen LogP contribution in [-0.2, 0) is 47.9 Å². The van der Waals surface area contributed by atoms with Crippen LogP contribution in [0.1, 0.15) is 23.1 Å². The molecular weight excluding hydrogens is 540 g/mol. The molecule has 0 heterocycles. The van der Waals surface area contributed by atoms with Crippen LogP contribution in [-0.4, -0.2) is 56.6 Å². The molecule has 3 aromatic carbocycles. The van der Waals surface area contributed by atoms with E-state index in [9.17, 15) is 24.0 Å². The van der Waals surface area contributed by atoms with E-state index in [-0.39, 0.29) is 37.7 Å². The highest BCUT2D eigenvalue weighted by atomic mass is 16.5. The molecule has 0 aliphatic carbocycles. The average molecular weight is 575 g/mol. The third kappa shape index (κ3) is 10.8. The molecule has 3 rings (SSSR count). The van der Waals surface area contributed by atoms with Crippen molar-refractivity contribution in [1.82, 2.24) is 10.6 Å². The molecule has 11 heteroatoms. The third-order valence-corrected chi connectivity index (χ3v) is 6.18. The van der Waals surface area contributed by atoms with E-state index >= 15 is 0 Å². The van der Waals surface area contributed by atoms with E-state index in [2.05, 4.69) is 26.0 Å². The van der Waals surface area contributed by atoms with Crippen molar-refractivity contribution in [2.45, 2.75) is 31.7 Å². The number of ether oxygens (including phenoxy) is 2. The summed E-state index contributed by atoms with van der Waals surface area (Å²) < 4.78 is 9.48. The van der Waals surface area contributed by atoms with Crippen molar-refractivity contribution in [1.29, 1.82) is 0 Å². The van der Waals surface area contributed by atoms with Gasteiger partial charge < -0.3 is 30.7 Å². The number of esters is 2. The van der Waals surface area contributed by atoms with Gasteiger partial charge in [0, 0.05) is 24.2 Å². The first-order valence-electron chi connectivity index (χ1n) is 13.3. The highest BCUT2D eigenvalue weighted by molar-refractivity contribution is 5.99.